The second-order valence-corrected chi connectivity index (χ2v) is 8.80. The van der Waals surface area contributed by atoms with Crippen LogP contribution < -0.4 is 0 Å². The van der Waals surface area contributed by atoms with Crippen LogP contribution >= 0.6 is 23.4 Å². The van der Waals surface area contributed by atoms with Crippen molar-refractivity contribution in [3.63, 3.8) is 0 Å². The van der Waals surface area contributed by atoms with Crippen LogP contribution in [0, 0.1) is 13.8 Å². The average Bonchev–Trinajstić information content (AvgIpc) is 3.34. The Morgan fingerprint density at radius 1 is 0.968 bits per heavy atom. The molecule has 5 aromatic rings. The highest BCUT2D eigenvalue weighted by molar-refractivity contribution is 7.98. The number of rotatable bonds is 6. The zero-order valence-electron chi connectivity index (χ0n) is 17.3. The molecule has 0 saturated heterocycles. The number of hydrogen-bond acceptors (Lipinski definition) is 5. The number of halogens is 1. The Labute approximate surface area is 189 Å². The van der Waals surface area contributed by atoms with Gasteiger partial charge < -0.3 is 0 Å². The highest BCUT2D eigenvalue weighted by Crippen LogP contribution is 2.28. The van der Waals surface area contributed by atoms with Crippen LogP contribution in [0.5, 0.6) is 0 Å². The number of benzene rings is 2. The van der Waals surface area contributed by atoms with E-state index in [0.717, 1.165) is 56.0 Å². The first-order valence-corrected chi connectivity index (χ1v) is 11.5. The van der Waals surface area contributed by atoms with E-state index in [4.69, 9.17) is 26.7 Å². The first-order valence-electron chi connectivity index (χ1n) is 10.1. The molecule has 0 amide bonds. The van der Waals surface area contributed by atoms with E-state index >= 15 is 0 Å². The standard InChI is InChI=1S/C23H21ClN6S/c1-15-13-16(2)29(27-15)12-11-21-26-22-18-8-4-6-10-20(18)25-23(30(22)28-21)31-14-17-7-3-5-9-19(17)24/h3-10,13H,11-12,14H2,1-2H3. The van der Waals surface area contributed by atoms with Gasteiger partial charge in [-0.05, 0) is 43.7 Å². The fraction of sp³-hybridized carbons (Fsp3) is 0.217. The summed E-state index contributed by atoms with van der Waals surface area (Å²) in [6, 6.07) is 18.0. The quantitative estimate of drug-likeness (QED) is 0.261. The summed E-state index contributed by atoms with van der Waals surface area (Å²) in [7, 11) is 0. The largest absolute Gasteiger partial charge is 0.269 e. The Morgan fingerprint density at radius 3 is 2.58 bits per heavy atom. The van der Waals surface area contributed by atoms with Gasteiger partial charge in [0.1, 0.15) is 0 Å². The van der Waals surface area contributed by atoms with Crippen LogP contribution in [0.25, 0.3) is 16.6 Å². The van der Waals surface area contributed by atoms with Crippen molar-refractivity contribution in [3.05, 3.63) is 82.4 Å². The van der Waals surface area contributed by atoms with Crippen molar-refractivity contribution in [1.82, 2.24) is 29.4 Å². The molecule has 5 rings (SSSR count). The molecule has 0 unspecified atom stereocenters. The fourth-order valence-electron chi connectivity index (χ4n) is 3.64. The Morgan fingerprint density at radius 2 is 1.77 bits per heavy atom. The summed E-state index contributed by atoms with van der Waals surface area (Å²) < 4.78 is 3.87. The highest BCUT2D eigenvalue weighted by Gasteiger charge is 2.15. The van der Waals surface area contributed by atoms with Crippen LogP contribution in [-0.2, 0) is 18.7 Å². The van der Waals surface area contributed by atoms with Gasteiger partial charge in [0.2, 0.25) is 0 Å². The number of aryl methyl sites for hydroxylation is 4. The lowest BCUT2D eigenvalue weighted by molar-refractivity contribution is 0.580. The fourth-order valence-corrected chi connectivity index (χ4v) is 4.87. The summed E-state index contributed by atoms with van der Waals surface area (Å²) in [5.74, 6) is 1.49. The molecule has 156 valence electrons. The van der Waals surface area contributed by atoms with E-state index < -0.39 is 0 Å². The number of hydrogen-bond donors (Lipinski definition) is 0. The normalized spacial score (nSPS) is 11.6. The molecule has 0 saturated carbocycles. The molecule has 31 heavy (non-hydrogen) atoms. The molecule has 0 N–H and O–H groups in total. The Balaban J connectivity index is 1.50. The molecule has 3 heterocycles. The van der Waals surface area contributed by atoms with Crippen LogP contribution in [0.4, 0.5) is 0 Å². The number of para-hydroxylation sites is 1. The third kappa shape index (κ3) is 4.03. The molecule has 3 aromatic heterocycles. The van der Waals surface area contributed by atoms with E-state index in [2.05, 4.69) is 18.1 Å². The Kier molecular flexibility index (Phi) is 5.38. The second-order valence-electron chi connectivity index (χ2n) is 7.46. The van der Waals surface area contributed by atoms with E-state index in [9.17, 15) is 0 Å². The van der Waals surface area contributed by atoms with Crippen molar-refractivity contribution in [2.45, 2.75) is 37.7 Å². The molecule has 0 atom stereocenters. The number of fused-ring (bicyclic) bond motifs is 3. The molecule has 6 nitrogen and oxygen atoms in total. The third-order valence-corrected chi connectivity index (χ3v) is 6.50. The summed E-state index contributed by atoms with van der Waals surface area (Å²) in [6.07, 6.45) is 0.701. The molecule has 0 aliphatic carbocycles. The van der Waals surface area contributed by atoms with Crippen molar-refractivity contribution < 1.29 is 0 Å². The minimum atomic E-state index is 0.701. The van der Waals surface area contributed by atoms with Crippen LogP contribution in [0.2, 0.25) is 5.02 Å². The van der Waals surface area contributed by atoms with Gasteiger partial charge in [0.15, 0.2) is 16.6 Å². The Hall–Kier alpha value is -2.90. The van der Waals surface area contributed by atoms with Crippen LogP contribution in [0.1, 0.15) is 22.8 Å². The third-order valence-electron chi connectivity index (χ3n) is 5.16. The zero-order valence-corrected chi connectivity index (χ0v) is 18.9. The summed E-state index contributed by atoms with van der Waals surface area (Å²) >= 11 is 7.96. The van der Waals surface area contributed by atoms with Crippen LogP contribution in [0.3, 0.4) is 0 Å². The van der Waals surface area contributed by atoms with E-state index in [0.29, 0.717) is 12.2 Å². The van der Waals surface area contributed by atoms with Gasteiger partial charge in [0.05, 0.1) is 11.2 Å². The van der Waals surface area contributed by atoms with Crippen molar-refractivity contribution >= 4 is 39.9 Å². The SMILES string of the molecule is Cc1cc(C)n(CCc2nc3c4ccccc4nc(SCc4ccccc4Cl)n3n2)n1. The molecule has 0 bridgehead atoms. The predicted octanol–water partition coefficient (Wildman–Crippen LogP) is 5.28. The summed E-state index contributed by atoms with van der Waals surface area (Å²) in [5.41, 5.74) is 4.98. The number of thioether (sulfide) groups is 1. The predicted molar refractivity (Wildman–Crippen MR) is 125 cm³/mol. The van der Waals surface area contributed by atoms with E-state index in [1.165, 1.54) is 0 Å². The smallest absolute Gasteiger partial charge is 0.191 e. The maximum atomic E-state index is 6.35. The first kappa shape index (κ1) is 20.0. The van der Waals surface area contributed by atoms with Crippen LogP contribution in [-0.4, -0.2) is 29.4 Å². The monoisotopic (exact) mass is 448 g/mol. The molecular weight excluding hydrogens is 428 g/mol. The van der Waals surface area contributed by atoms with Gasteiger partial charge in [-0.3, -0.25) is 4.68 Å². The van der Waals surface area contributed by atoms with Gasteiger partial charge >= 0.3 is 0 Å². The van der Waals surface area contributed by atoms with Gasteiger partial charge in [-0.2, -0.15) is 9.61 Å². The molecule has 0 aliphatic heterocycles. The lowest BCUT2D eigenvalue weighted by atomic mass is 10.2. The van der Waals surface area contributed by atoms with Crippen molar-refractivity contribution in [3.8, 4) is 0 Å². The van der Waals surface area contributed by atoms with Gasteiger partial charge in [-0.1, -0.05) is 53.7 Å². The van der Waals surface area contributed by atoms with E-state index in [1.807, 2.05) is 64.7 Å². The van der Waals surface area contributed by atoms with E-state index in [1.54, 1.807) is 11.8 Å². The average molecular weight is 449 g/mol. The molecule has 8 heteroatoms. The van der Waals surface area contributed by atoms with Crippen molar-refractivity contribution in [1.29, 1.82) is 0 Å². The molecule has 0 aliphatic rings. The highest BCUT2D eigenvalue weighted by atomic mass is 35.5. The summed E-state index contributed by atoms with van der Waals surface area (Å²) in [6.45, 7) is 4.81. The van der Waals surface area contributed by atoms with E-state index in [-0.39, 0.29) is 0 Å². The molecule has 2 aromatic carbocycles. The second kappa shape index (κ2) is 8.32. The van der Waals surface area contributed by atoms with Gasteiger partial charge in [-0.25, -0.2) is 9.97 Å². The first-order chi connectivity index (χ1) is 15.1. The number of aromatic nitrogens is 6. The molecule has 0 fully saturated rings. The maximum absolute atomic E-state index is 6.35. The minimum Gasteiger partial charge on any atom is -0.269 e. The Bertz CT molecular complexity index is 1390. The van der Waals surface area contributed by atoms with Crippen LogP contribution in [0.15, 0.2) is 59.8 Å². The topological polar surface area (TPSA) is 60.9 Å². The molecule has 0 spiro atoms. The molecule has 0 radical (unpaired) electrons. The zero-order chi connectivity index (χ0) is 21.4. The lowest BCUT2D eigenvalue weighted by Crippen LogP contribution is -2.06. The summed E-state index contributed by atoms with van der Waals surface area (Å²) in [4.78, 5) is 9.72. The number of nitrogens with zero attached hydrogens (tertiary/aromatic N) is 6. The van der Waals surface area contributed by atoms with Crippen molar-refractivity contribution in [2.75, 3.05) is 0 Å². The van der Waals surface area contributed by atoms with Gasteiger partial charge in [-0.15, -0.1) is 5.10 Å². The minimum absolute atomic E-state index is 0.701. The van der Waals surface area contributed by atoms with Crippen molar-refractivity contribution in [2.24, 2.45) is 0 Å². The van der Waals surface area contributed by atoms with Gasteiger partial charge in [0.25, 0.3) is 0 Å². The lowest BCUT2D eigenvalue weighted by Gasteiger charge is -2.07. The molecular formula is C23H21ClN6S. The maximum Gasteiger partial charge on any atom is 0.191 e. The van der Waals surface area contributed by atoms with Gasteiger partial charge in [0, 0.05) is 34.8 Å². The summed E-state index contributed by atoms with van der Waals surface area (Å²) in [5, 5.41) is 11.9.